The summed E-state index contributed by atoms with van der Waals surface area (Å²) in [6.07, 6.45) is -1.49. The molecule has 1 aromatic heterocycles. The molecule has 0 spiro atoms. The summed E-state index contributed by atoms with van der Waals surface area (Å²) in [4.78, 5) is 42.3. The summed E-state index contributed by atoms with van der Waals surface area (Å²) in [5.74, 6) is 0. The summed E-state index contributed by atoms with van der Waals surface area (Å²) >= 11 is 0. The third kappa shape index (κ3) is 3.35. The molecular formula is C11H15F2N2O6P. The molecule has 124 valence electrons. The lowest BCUT2D eigenvalue weighted by molar-refractivity contribution is -0.0485. The molecule has 0 bridgehead atoms. The van der Waals surface area contributed by atoms with Gasteiger partial charge in [0.05, 0.1) is 6.10 Å². The van der Waals surface area contributed by atoms with E-state index < -0.39 is 43.3 Å². The van der Waals surface area contributed by atoms with Crippen molar-refractivity contribution in [2.45, 2.75) is 44.2 Å². The number of rotatable bonds is 4. The van der Waals surface area contributed by atoms with Crippen LogP contribution in [-0.2, 0) is 9.30 Å². The van der Waals surface area contributed by atoms with E-state index in [9.17, 15) is 22.9 Å². The van der Waals surface area contributed by atoms with Crippen LogP contribution in [-0.4, -0.2) is 31.1 Å². The minimum Gasteiger partial charge on any atom is -0.354 e. The van der Waals surface area contributed by atoms with Crippen molar-refractivity contribution in [2.24, 2.45) is 0 Å². The van der Waals surface area contributed by atoms with Crippen LogP contribution in [0.15, 0.2) is 15.8 Å². The number of aryl methyl sites for hydroxylation is 1. The van der Waals surface area contributed by atoms with Gasteiger partial charge in [0.2, 0.25) is 0 Å². The number of ether oxygens (including phenoxy) is 1. The van der Waals surface area contributed by atoms with Gasteiger partial charge in [-0.05, 0) is 19.8 Å². The molecule has 11 heteroatoms. The van der Waals surface area contributed by atoms with Crippen LogP contribution in [0, 0.1) is 6.92 Å². The molecule has 2 atom stereocenters. The number of alkyl halides is 2. The first kappa shape index (κ1) is 17.0. The van der Waals surface area contributed by atoms with E-state index in [4.69, 9.17) is 14.5 Å². The van der Waals surface area contributed by atoms with Gasteiger partial charge in [0, 0.05) is 18.2 Å². The smallest absolute Gasteiger partial charge is 0.354 e. The largest absolute Gasteiger partial charge is 0.394 e. The monoisotopic (exact) mass is 340 g/mol. The van der Waals surface area contributed by atoms with Crippen LogP contribution in [0.25, 0.3) is 0 Å². The predicted octanol–water partition coefficient (Wildman–Crippen LogP) is 0.683. The Morgan fingerprint density at radius 2 is 2.09 bits per heavy atom. The molecule has 0 saturated carbocycles. The molecule has 0 amide bonds. The van der Waals surface area contributed by atoms with Crippen LogP contribution in [0.5, 0.6) is 0 Å². The van der Waals surface area contributed by atoms with E-state index in [0.717, 1.165) is 4.57 Å². The average Bonchev–Trinajstić information content (AvgIpc) is 2.80. The van der Waals surface area contributed by atoms with E-state index >= 15 is 0 Å². The Bertz CT molecular complexity index is 724. The van der Waals surface area contributed by atoms with Gasteiger partial charge in [-0.3, -0.25) is 18.9 Å². The Kier molecular flexibility index (Phi) is 4.40. The Morgan fingerprint density at radius 3 is 2.68 bits per heavy atom. The zero-order chi connectivity index (χ0) is 16.7. The number of aromatic nitrogens is 2. The predicted molar refractivity (Wildman–Crippen MR) is 70.8 cm³/mol. The van der Waals surface area contributed by atoms with Gasteiger partial charge < -0.3 is 14.5 Å². The molecule has 0 aromatic carbocycles. The van der Waals surface area contributed by atoms with E-state index in [0.29, 0.717) is 0 Å². The van der Waals surface area contributed by atoms with Gasteiger partial charge in [-0.2, -0.15) is 8.78 Å². The van der Waals surface area contributed by atoms with Crippen molar-refractivity contribution in [1.82, 2.24) is 9.55 Å². The molecule has 1 unspecified atom stereocenters. The molecule has 1 saturated heterocycles. The summed E-state index contributed by atoms with van der Waals surface area (Å²) in [6, 6.07) is 0. The maximum Gasteiger partial charge on any atom is 0.394 e. The number of H-pyrrole nitrogens is 1. The molecule has 0 aliphatic carbocycles. The van der Waals surface area contributed by atoms with Gasteiger partial charge in [0.15, 0.2) is 0 Å². The number of hydrogen-bond donors (Lipinski definition) is 3. The van der Waals surface area contributed by atoms with E-state index in [1.165, 1.54) is 13.1 Å². The molecule has 22 heavy (non-hydrogen) atoms. The van der Waals surface area contributed by atoms with E-state index in [1.54, 1.807) is 0 Å². The first-order valence-electron chi connectivity index (χ1n) is 6.42. The number of aromatic amines is 1. The zero-order valence-corrected chi connectivity index (χ0v) is 12.4. The van der Waals surface area contributed by atoms with Crippen molar-refractivity contribution in [2.75, 3.05) is 0 Å². The highest BCUT2D eigenvalue weighted by Crippen LogP contribution is 2.56. The molecule has 1 aliphatic rings. The maximum atomic E-state index is 13.3. The third-order valence-corrected chi connectivity index (χ3v) is 4.48. The molecule has 2 rings (SSSR count). The number of nitrogens with zero attached hydrogens (tertiary/aromatic N) is 1. The van der Waals surface area contributed by atoms with Crippen LogP contribution in [0.4, 0.5) is 8.78 Å². The Balaban J connectivity index is 2.14. The summed E-state index contributed by atoms with van der Waals surface area (Å²) in [6.45, 7) is 1.48. The number of halogens is 2. The SMILES string of the molecule is Cc1cn(C2CC[C@@H](CC(F)(F)P(=O)(O)O)O2)c(=O)[nH]c1=O. The van der Waals surface area contributed by atoms with Gasteiger partial charge in [0.25, 0.3) is 5.56 Å². The highest BCUT2D eigenvalue weighted by Gasteiger charge is 2.51. The lowest BCUT2D eigenvalue weighted by Crippen LogP contribution is -2.33. The van der Waals surface area contributed by atoms with Crippen molar-refractivity contribution in [1.29, 1.82) is 0 Å². The fraction of sp³-hybridized carbons (Fsp3) is 0.636. The second-order valence-corrected chi connectivity index (χ2v) is 6.93. The fourth-order valence-electron chi connectivity index (χ4n) is 2.23. The second kappa shape index (κ2) is 5.69. The van der Waals surface area contributed by atoms with Crippen LogP contribution in [0.3, 0.4) is 0 Å². The normalized spacial score (nSPS) is 23.0. The molecule has 0 radical (unpaired) electrons. The molecule has 3 N–H and O–H groups in total. The maximum absolute atomic E-state index is 13.3. The Morgan fingerprint density at radius 1 is 1.45 bits per heavy atom. The van der Waals surface area contributed by atoms with Crippen LogP contribution >= 0.6 is 7.60 Å². The topological polar surface area (TPSA) is 122 Å². The van der Waals surface area contributed by atoms with Crippen molar-refractivity contribution in [3.05, 3.63) is 32.6 Å². The molecule has 8 nitrogen and oxygen atoms in total. The second-order valence-electron chi connectivity index (χ2n) is 5.18. The van der Waals surface area contributed by atoms with Crippen molar-refractivity contribution < 1.29 is 27.9 Å². The van der Waals surface area contributed by atoms with Crippen LogP contribution < -0.4 is 11.2 Å². The highest BCUT2D eigenvalue weighted by atomic mass is 31.2. The average molecular weight is 340 g/mol. The Hall–Kier alpha value is -1.35. The van der Waals surface area contributed by atoms with E-state index in [2.05, 4.69) is 4.98 Å². The van der Waals surface area contributed by atoms with Crippen molar-refractivity contribution >= 4 is 7.60 Å². The first-order chi connectivity index (χ1) is 10.0. The standard InChI is InChI=1S/C11H15F2N2O6P/c1-6-5-15(10(17)14-9(6)16)8-3-2-7(21-8)4-11(12,13)22(18,19)20/h5,7-8H,2-4H2,1H3,(H,14,16,17)(H2,18,19,20)/t7-,8?/m0/s1. The van der Waals surface area contributed by atoms with Gasteiger partial charge in [-0.15, -0.1) is 0 Å². The summed E-state index contributed by atoms with van der Waals surface area (Å²) in [7, 11) is -5.57. The summed E-state index contributed by atoms with van der Waals surface area (Å²) < 4.78 is 43.8. The quantitative estimate of drug-likeness (QED) is 0.693. The highest BCUT2D eigenvalue weighted by molar-refractivity contribution is 7.53. The van der Waals surface area contributed by atoms with E-state index in [-0.39, 0.29) is 18.4 Å². The first-order valence-corrected chi connectivity index (χ1v) is 8.03. The number of nitrogens with one attached hydrogen (secondary N) is 1. The summed E-state index contributed by atoms with van der Waals surface area (Å²) in [5, 5.41) is 0. The van der Waals surface area contributed by atoms with Gasteiger partial charge in [0.1, 0.15) is 6.23 Å². The molecule has 1 aliphatic heterocycles. The minimum absolute atomic E-state index is 0.116. The van der Waals surface area contributed by atoms with E-state index in [1.807, 2.05) is 0 Å². The zero-order valence-electron chi connectivity index (χ0n) is 11.5. The summed E-state index contributed by atoms with van der Waals surface area (Å²) in [5.41, 5.74) is -5.21. The molecule has 2 heterocycles. The van der Waals surface area contributed by atoms with Crippen LogP contribution in [0.2, 0.25) is 0 Å². The minimum atomic E-state index is -5.57. The van der Waals surface area contributed by atoms with Crippen LogP contribution in [0.1, 0.15) is 31.1 Å². The third-order valence-electron chi connectivity index (χ3n) is 3.44. The fourth-order valence-corrected chi connectivity index (χ4v) is 2.68. The van der Waals surface area contributed by atoms with Crippen molar-refractivity contribution in [3.8, 4) is 0 Å². The van der Waals surface area contributed by atoms with Gasteiger partial charge in [-0.1, -0.05) is 0 Å². The van der Waals surface area contributed by atoms with Gasteiger partial charge >= 0.3 is 18.9 Å². The lowest BCUT2D eigenvalue weighted by Gasteiger charge is -2.21. The van der Waals surface area contributed by atoms with Crippen molar-refractivity contribution in [3.63, 3.8) is 0 Å². The molecular weight excluding hydrogens is 325 g/mol. The lowest BCUT2D eigenvalue weighted by atomic mass is 10.2. The van der Waals surface area contributed by atoms with Gasteiger partial charge in [-0.25, -0.2) is 4.79 Å². The molecule has 1 aromatic rings. The molecule has 1 fully saturated rings. The Labute approximate surface area is 122 Å². The number of hydrogen-bond acceptors (Lipinski definition) is 4.